The molecule has 1 amide bonds. The molecular weight excluding hydrogens is 308 g/mol. The fourth-order valence-electron chi connectivity index (χ4n) is 2.82. The van der Waals surface area contributed by atoms with Crippen molar-refractivity contribution >= 4 is 17.7 Å². The Bertz CT molecular complexity index is 786. The number of nitrogens with zero attached hydrogens (tertiary/aromatic N) is 4. The molecule has 8 nitrogen and oxygen atoms in total. The number of hydrogen-bond acceptors (Lipinski definition) is 6. The minimum absolute atomic E-state index is 0.145. The first kappa shape index (κ1) is 16.1. The zero-order chi connectivity index (χ0) is 17.1. The van der Waals surface area contributed by atoms with E-state index in [0.717, 1.165) is 30.9 Å². The van der Waals surface area contributed by atoms with E-state index in [9.17, 15) is 9.59 Å². The predicted octanol–water partition coefficient (Wildman–Crippen LogP) is 1.03. The van der Waals surface area contributed by atoms with Crippen LogP contribution in [-0.2, 0) is 4.79 Å². The summed E-state index contributed by atoms with van der Waals surface area (Å²) in [4.78, 5) is 32.7. The van der Waals surface area contributed by atoms with Crippen molar-refractivity contribution in [1.29, 1.82) is 0 Å². The molecule has 2 N–H and O–H groups in total. The van der Waals surface area contributed by atoms with Crippen LogP contribution >= 0.6 is 0 Å². The molecule has 2 aromatic heterocycles. The summed E-state index contributed by atoms with van der Waals surface area (Å²) in [7, 11) is 0. The molecule has 1 atom stereocenters. The van der Waals surface area contributed by atoms with Crippen molar-refractivity contribution in [1.82, 2.24) is 20.2 Å². The number of carbonyl (C=O) groups excluding carboxylic acids is 1. The molecule has 24 heavy (non-hydrogen) atoms. The van der Waals surface area contributed by atoms with E-state index in [4.69, 9.17) is 0 Å². The molecule has 3 heterocycles. The average molecular weight is 328 g/mol. The van der Waals surface area contributed by atoms with Crippen LogP contribution in [-0.4, -0.2) is 39.2 Å². The SMILES string of the molecule is Cc1ccc(N2CCCC(C(=O)Nc3nc(C)cc(=O)[nH]3)C2)nn1. The van der Waals surface area contributed by atoms with Gasteiger partial charge in [0.2, 0.25) is 11.9 Å². The Balaban J connectivity index is 1.68. The normalized spacial score (nSPS) is 17.6. The molecule has 1 aliphatic heterocycles. The van der Waals surface area contributed by atoms with Gasteiger partial charge in [0.1, 0.15) is 0 Å². The number of anilines is 2. The Morgan fingerprint density at radius 2 is 2.12 bits per heavy atom. The van der Waals surface area contributed by atoms with E-state index in [0.29, 0.717) is 12.2 Å². The largest absolute Gasteiger partial charge is 0.354 e. The van der Waals surface area contributed by atoms with Crippen molar-refractivity contribution in [3.63, 3.8) is 0 Å². The van der Waals surface area contributed by atoms with E-state index >= 15 is 0 Å². The van der Waals surface area contributed by atoms with E-state index in [1.165, 1.54) is 6.07 Å². The molecule has 0 radical (unpaired) electrons. The molecule has 1 saturated heterocycles. The topological polar surface area (TPSA) is 104 Å². The Hall–Kier alpha value is -2.77. The number of aromatic amines is 1. The second kappa shape index (κ2) is 6.77. The monoisotopic (exact) mass is 328 g/mol. The van der Waals surface area contributed by atoms with Crippen LogP contribution < -0.4 is 15.8 Å². The zero-order valence-electron chi connectivity index (χ0n) is 13.7. The number of piperidine rings is 1. The number of carbonyl (C=O) groups is 1. The number of hydrogen-bond donors (Lipinski definition) is 2. The van der Waals surface area contributed by atoms with Gasteiger partial charge in [-0.15, -0.1) is 5.10 Å². The van der Waals surface area contributed by atoms with Gasteiger partial charge in [0.25, 0.3) is 5.56 Å². The number of aryl methyl sites for hydroxylation is 2. The van der Waals surface area contributed by atoms with Crippen LogP contribution in [0.15, 0.2) is 23.0 Å². The van der Waals surface area contributed by atoms with Gasteiger partial charge in [-0.3, -0.25) is 19.9 Å². The van der Waals surface area contributed by atoms with Crippen molar-refractivity contribution in [3.05, 3.63) is 39.9 Å². The summed E-state index contributed by atoms with van der Waals surface area (Å²) >= 11 is 0. The van der Waals surface area contributed by atoms with Gasteiger partial charge in [0, 0.05) is 24.8 Å². The van der Waals surface area contributed by atoms with Gasteiger partial charge >= 0.3 is 0 Å². The lowest BCUT2D eigenvalue weighted by Crippen LogP contribution is -2.41. The zero-order valence-corrected chi connectivity index (χ0v) is 13.7. The first-order chi connectivity index (χ1) is 11.5. The summed E-state index contributed by atoms with van der Waals surface area (Å²) in [6.07, 6.45) is 1.68. The maximum Gasteiger partial charge on any atom is 0.252 e. The molecule has 2 aromatic rings. The van der Waals surface area contributed by atoms with Crippen LogP contribution in [0.4, 0.5) is 11.8 Å². The molecule has 0 spiro atoms. The second-order valence-electron chi connectivity index (χ2n) is 6.04. The van der Waals surface area contributed by atoms with E-state index < -0.39 is 0 Å². The molecular formula is C16H20N6O2. The van der Waals surface area contributed by atoms with Crippen LogP contribution in [0.25, 0.3) is 0 Å². The Morgan fingerprint density at radius 3 is 2.83 bits per heavy atom. The molecule has 1 fully saturated rings. The smallest absolute Gasteiger partial charge is 0.252 e. The van der Waals surface area contributed by atoms with Crippen molar-refractivity contribution < 1.29 is 4.79 Å². The number of nitrogens with one attached hydrogen (secondary N) is 2. The number of rotatable bonds is 3. The van der Waals surface area contributed by atoms with Gasteiger partial charge in [0.05, 0.1) is 11.6 Å². The van der Waals surface area contributed by atoms with Gasteiger partial charge in [0.15, 0.2) is 5.82 Å². The highest BCUT2D eigenvalue weighted by molar-refractivity contribution is 5.91. The summed E-state index contributed by atoms with van der Waals surface area (Å²) in [6.45, 7) is 5.02. The molecule has 0 aromatic carbocycles. The van der Waals surface area contributed by atoms with Crippen molar-refractivity contribution in [2.45, 2.75) is 26.7 Å². The quantitative estimate of drug-likeness (QED) is 0.872. The van der Waals surface area contributed by atoms with E-state index in [1.54, 1.807) is 6.92 Å². The second-order valence-corrected chi connectivity index (χ2v) is 6.04. The van der Waals surface area contributed by atoms with Crippen LogP contribution in [0.2, 0.25) is 0 Å². The third-order valence-electron chi connectivity index (χ3n) is 4.01. The summed E-state index contributed by atoms with van der Waals surface area (Å²) < 4.78 is 0. The Labute approximate surface area is 139 Å². The first-order valence-corrected chi connectivity index (χ1v) is 7.95. The number of amides is 1. The molecule has 1 unspecified atom stereocenters. The molecule has 0 aliphatic carbocycles. The van der Waals surface area contributed by atoms with E-state index in [-0.39, 0.29) is 23.3 Å². The van der Waals surface area contributed by atoms with Crippen molar-refractivity contribution in [3.8, 4) is 0 Å². The highest BCUT2D eigenvalue weighted by atomic mass is 16.2. The standard InChI is InChI=1S/C16H20N6O2/c1-10-5-6-13(21-20-10)22-7-3-4-12(9-22)15(24)19-16-17-11(2)8-14(23)18-16/h5-6,8,12H,3-4,7,9H2,1-2H3,(H2,17,18,19,23,24). The summed E-state index contributed by atoms with van der Waals surface area (Å²) in [6, 6.07) is 5.21. The molecule has 126 valence electrons. The van der Waals surface area contributed by atoms with Crippen LogP contribution in [0.5, 0.6) is 0 Å². The lowest BCUT2D eigenvalue weighted by atomic mass is 9.97. The fraction of sp³-hybridized carbons (Fsp3) is 0.438. The first-order valence-electron chi connectivity index (χ1n) is 7.95. The van der Waals surface area contributed by atoms with Crippen molar-refractivity contribution in [2.75, 3.05) is 23.3 Å². The highest BCUT2D eigenvalue weighted by Crippen LogP contribution is 2.22. The third kappa shape index (κ3) is 3.76. The van der Waals surface area contributed by atoms with Crippen LogP contribution in [0, 0.1) is 19.8 Å². The van der Waals surface area contributed by atoms with E-state index in [2.05, 4.69) is 30.4 Å². The maximum atomic E-state index is 12.5. The van der Waals surface area contributed by atoms with E-state index in [1.807, 2.05) is 19.1 Å². The maximum absolute atomic E-state index is 12.5. The molecule has 8 heteroatoms. The predicted molar refractivity (Wildman–Crippen MR) is 89.9 cm³/mol. The lowest BCUT2D eigenvalue weighted by molar-refractivity contribution is -0.120. The lowest BCUT2D eigenvalue weighted by Gasteiger charge is -2.32. The molecule has 0 saturated carbocycles. The third-order valence-corrected chi connectivity index (χ3v) is 4.01. The van der Waals surface area contributed by atoms with Crippen molar-refractivity contribution in [2.24, 2.45) is 5.92 Å². The van der Waals surface area contributed by atoms with Gasteiger partial charge < -0.3 is 4.90 Å². The summed E-state index contributed by atoms with van der Waals surface area (Å²) in [5.41, 5.74) is 1.15. The van der Waals surface area contributed by atoms with Gasteiger partial charge in [-0.05, 0) is 38.8 Å². The molecule has 1 aliphatic rings. The highest BCUT2D eigenvalue weighted by Gasteiger charge is 2.27. The van der Waals surface area contributed by atoms with Crippen LogP contribution in [0.1, 0.15) is 24.2 Å². The van der Waals surface area contributed by atoms with Gasteiger partial charge in [-0.25, -0.2) is 4.98 Å². The van der Waals surface area contributed by atoms with Crippen LogP contribution in [0.3, 0.4) is 0 Å². The summed E-state index contributed by atoms with van der Waals surface area (Å²) in [5.74, 6) is 0.638. The number of aromatic nitrogens is 4. The Morgan fingerprint density at radius 1 is 1.29 bits per heavy atom. The molecule has 0 bridgehead atoms. The summed E-state index contributed by atoms with van der Waals surface area (Å²) in [5, 5.41) is 11.0. The van der Waals surface area contributed by atoms with Gasteiger partial charge in [-0.2, -0.15) is 5.10 Å². The fourth-order valence-corrected chi connectivity index (χ4v) is 2.82. The minimum Gasteiger partial charge on any atom is -0.354 e. The van der Waals surface area contributed by atoms with Gasteiger partial charge in [-0.1, -0.05) is 0 Å². The average Bonchev–Trinajstić information content (AvgIpc) is 2.54. The number of H-pyrrole nitrogens is 1. The Kier molecular flexibility index (Phi) is 4.54. The minimum atomic E-state index is -0.280. The molecule has 3 rings (SSSR count).